The van der Waals surface area contributed by atoms with Crippen LogP contribution in [0, 0.1) is 0 Å². The normalized spacial score (nSPS) is 14.6. The van der Waals surface area contributed by atoms with Crippen LogP contribution in [0.2, 0.25) is 0 Å². The molecule has 0 unspecified atom stereocenters. The van der Waals surface area contributed by atoms with Gasteiger partial charge in [-0.2, -0.15) is 0 Å². The van der Waals surface area contributed by atoms with Crippen molar-refractivity contribution in [3.8, 4) is 0 Å². The first-order chi connectivity index (χ1) is 8.22. The number of aromatic nitrogens is 1. The molecule has 1 aromatic heterocycles. The van der Waals surface area contributed by atoms with Gasteiger partial charge < -0.3 is 10.6 Å². The molecule has 1 heterocycles. The molecule has 0 saturated heterocycles. The Balaban J connectivity index is 2.16. The number of hydrogen-bond donors (Lipinski definition) is 1. The number of unbranched alkanes of at least 4 members (excludes halogenated alkanes) is 1. The van der Waals surface area contributed by atoms with Crippen molar-refractivity contribution in [3.05, 3.63) is 24.0 Å². The maximum absolute atomic E-state index is 5.63. The minimum Gasteiger partial charge on any atom is -0.388 e. The van der Waals surface area contributed by atoms with Crippen LogP contribution < -0.4 is 10.6 Å². The van der Waals surface area contributed by atoms with Crippen LogP contribution in [-0.2, 0) is 0 Å². The van der Waals surface area contributed by atoms with Crippen LogP contribution in [0.25, 0.3) is 0 Å². The number of thiocarbonyl (C=S) groups is 1. The van der Waals surface area contributed by atoms with Gasteiger partial charge in [-0.05, 0) is 31.4 Å². The van der Waals surface area contributed by atoms with Crippen molar-refractivity contribution >= 4 is 22.9 Å². The molecule has 0 spiro atoms. The van der Waals surface area contributed by atoms with Gasteiger partial charge in [-0.25, -0.2) is 0 Å². The SMILES string of the molecule is CCCCN(c1ccnc(C(N)=S)c1)C1CC1. The summed E-state index contributed by atoms with van der Waals surface area (Å²) in [5.74, 6) is 0. The Bertz CT molecular complexity index is 401. The smallest absolute Gasteiger partial charge is 0.122 e. The van der Waals surface area contributed by atoms with Gasteiger partial charge >= 0.3 is 0 Å². The zero-order valence-electron chi connectivity index (χ0n) is 10.2. The first-order valence-corrected chi connectivity index (χ1v) is 6.65. The summed E-state index contributed by atoms with van der Waals surface area (Å²) in [5, 5.41) is 0. The van der Waals surface area contributed by atoms with Crippen LogP contribution in [0.15, 0.2) is 18.3 Å². The van der Waals surface area contributed by atoms with Crippen molar-refractivity contribution < 1.29 is 0 Å². The summed E-state index contributed by atoms with van der Waals surface area (Å²) in [5.41, 5.74) is 7.55. The topological polar surface area (TPSA) is 42.2 Å². The molecule has 4 heteroatoms. The van der Waals surface area contributed by atoms with Gasteiger partial charge in [-0.1, -0.05) is 25.6 Å². The van der Waals surface area contributed by atoms with Crippen molar-refractivity contribution in [1.82, 2.24) is 4.98 Å². The third-order valence-electron chi connectivity index (χ3n) is 3.07. The summed E-state index contributed by atoms with van der Waals surface area (Å²) in [6.07, 6.45) is 6.84. The molecule has 1 aliphatic rings. The molecular weight excluding hydrogens is 230 g/mol. The second-order valence-electron chi connectivity index (χ2n) is 4.54. The van der Waals surface area contributed by atoms with E-state index in [2.05, 4.69) is 22.9 Å². The first-order valence-electron chi connectivity index (χ1n) is 6.25. The zero-order valence-corrected chi connectivity index (χ0v) is 11.0. The van der Waals surface area contributed by atoms with Crippen molar-refractivity contribution in [2.45, 2.75) is 38.6 Å². The third-order valence-corrected chi connectivity index (χ3v) is 3.28. The van der Waals surface area contributed by atoms with Gasteiger partial charge in [0.25, 0.3) is 0 Å². The van der Waals surface area contributed by atoms with E-state index < -0.39 is 0 Å². The lowest BCUT2D eigenvalue weighted by Gasteiger charge is -2.24. The zero-order chi connectivity index (χ0) is 12.3. The fourth-order valence-electron chi connectivity index (χ4n) is 1.97. The Hall–Kier alpha value is -1.16. The van der Waals surface area contributed by atoms with E-state index in [9.17, 15) is 0 Å². The largest absolute Gasteiger partial charge is 0.388 e. The molecule has 0 atom stereocenters. The standard InChI is InChI=1S/C13H19N3S/c1-2-3-8-16(10-4-5-10)11-6-7-15-12(9-11)13(14)17/h6-7,9-10H,2-5,8H2,1H3,(H2,14,17). The number of hydrogen-bond acceptors (Lipinski definition) is 3. The molecule has 0 radical (unpaired) electrons. The molecule has 1 aromatic rings. The predicted molar refractivity (Wildman–Crippen MR) is 75.4 cm³/mol. The minimum absolute atomic E-state index is 0.373. The van der Waals surface area contributed by atoms with Gasteiger partial charge in [0.05, 0.1) is 5.69 Å². The van der Waals surface area contributed by atoms with E-state index in [0.717, 1.165) is 12.2 Å². The van der Waals surface area contributed by atoms with E-state index in [4.69, 9.17) is 18.0 Å². The lowest BCUT2D eigenvalue weighted by atomic mass is 10.2. The second kappa shape index (κ2) is 5.45. The summed E-state index contributed by atoms with van der Waals surface area (Å²) in [6.45, 7) is 3.33. The number of rotatable bonds is 6. The molecule has 1 saturated carbocycles. The Morgan fingerprint density at radius 3 is 2.94 bits per heavy atom. The highest BCUT2D eigenvalue weighted by molar-refractivity contribution is 7.80. The second-order valence-corrected chi connectivity index (χ2v) is 4.98. The lowest BCUT2D eigenvalue weighted by molar-refractivity contribution is 0.712. The van der Waals surface area contributed by atoms with Gasteiger partial charge in [0.15, 0.2) is 0 Å². The van der Waals surface area contributed by atoms with E-state index in [-0.39, 0.29) is 0 Å². The maximum Gasteiger partial charge on any atom is 0.122 e. The summed E-state index contributed by atoms with van der Waals surface area (Å²) in [4.78, 5) is 7.03. The summed E-state index contributed by atoms with van der Waals surface area (Å²) < 4.78 is 0. The average molecular weight is 249 g/mol. The Morgan fingerprint density at radius 2 is 2.35 bits per heavy atom. The number of anilines is 1. The van der Waals surface area contributed by atoms with Crippen LogP contribution in [-0.4, -0.2) is 22.6 Å². The molecule has 1 aliphatic carbocycles. The van der Waals surface area contributed by atoms with Crippen LogP contribution in [0.5, 0.6) is 0 Å². The van der Waals surface area contributed by atoms with E-state index in [1.807, 2.05) is 6.07 Å². The summed E-state index contributed by atoms with van der Waals surface area (Å²) in [6, 6.07) is 4.77. The van der Waals surface area contributed by atoms with Crippen LogP contribution in [0.1, 0.15) is 38.3 Å². The molecule has 0 aliphatic heterocycles. The Labute approximate surface area is 108 Å². The number of nitrogens with two attached hydrogens (primary N) is 1. The highest BCUT2D eigenvalue weighted by atomic mass is 32.1. The molecule has 0 bridgehead atoms. The third kappa shape index (κ3) is 3.16. The predicted octanol–water partition coefficient (Wildman–Crippen LogP) is 2.48. The Morgan fingerprint density at radius 1 is 1.59 bits per heavy atom. The molecule has 0 aromatic carbocycles. The fraction of sp³-hybridized carbons (Fsp3) is 0.538. The van der Waals surface area contributed by atoms with Gasteiger partial charge in [-0.3, -0.25) is 4.98 Å². The molecule has 17 heavy (non-hydrogen) atoms. The first kappa shape index (κ1) is 12.3. The Kier molecular flexibility index (Phi) is 3.94. The molecule has 2 N–H and O–H groups in total. The van der Waals surface area contributed by atoms with Gasteiger partial charge in [0.2, 0.25) is 0 Å². The van der Waals surface area contributed by atoms with Crippen LogP contribution in [0.3, 0.4) is 0 Å². The quantitative estimate of drug-likeness (QED) is 0.787. The number of pyridine rings is 1. The highest BCUT2D eigenvalue weighted by Crippen LogP contribution is 2.31. The summed E-state index contributed by atoms with van der Waals surface area (Å²) in [7, 11) is 0. The lowest BCUT2D eigenvalue weighted by Crippen LogP contribution is -2.27. The van der Waals surface area contributed by atoms with E-state index >= 15 is 0 Å². The maximum atomic E-state index is 5.63. The van der Waals surface area contributed by atoms with E-state index in [1.54, 1.807) is 6.20 Å². The van der Waals surface area contributed by atoms with Gasteiger partial charge in [0.1, 0.15) is 4.99 Å². The van der Waals surface area contributed by atoms with E-state index in [1.165, 1.54) is 31.4 Å². The molecule has 92 valence electrons. The molecule has 0 amide bonds. The monoisotopic (exact) mass is 249 g/mol. The van der Waals surface area contributed by atoms with Crippen molar-refractivity contribution in [3.63, 3.8) is 0 Å². The molecule has 1 fully saturated rings. The van der Waals surface area contributed by atoms with Gasteiger partial charge in [0, 0.05) is 24.5 Å². The van der Waals surface area contributed by atoms with Crippen LogP contribution >= 0.6 is 12.2 Å². The van der Waals surface area contributed by atoms with Gasteiger partial charge in [-0.15, -0.1) is 0 Å². The number of nitrogens with zero attached hydrogens (tertiary/aromatic N) is 2. The van der Waals surface area contributed by atoms with Crippen molar-refractivity contribution in [1.29, 1.82) is 0 Å². The van der Waals surface area contributed by atoms with Crippen molar-refractivity contribution in [2.75, 3.05) is 11.4 Å². The highest BCUT2D eigenvalue weighted by Gasteiger charge is 2.28. The average Bonchev–Trinajstić information content (AvgIpc) is 3.14. The van der Waals surface area contributed by atoms with Crippen LogP contribution in [0.4, 0.5) is 5.69 Å². The fourth-order valence-corrected chi connectivity index (χ4v) is 2.08. The molecule has 2 rings (SSSR count). The van der Waals surface area contributed by atoms with E-state index in [0.29, 0.717) is 11.0 Å². The minimum atomic E-state index is 0.373. The summed E-state index contributed by atoms with van der Waals surface area (Å²) >= 11 is 4.97. The van der Waals surface area contributed by atoms with Crippen molar-refractivity contribution in [2.24, 2.45) is 5.73 Å². The molecular formula is C13H19N3S. The molecule has 3 nitrogen and oxygen atoms in total.